The summed E-state index contributed by atoms with van der Waals surface area (Å²) in [6, 6.07) is 5.54. The van der Waals surface area contributed by atoms with Crippen LogP contribution in [0.15, 0.2) is 29.2 Å². The monoisotopic (exact) mass is 311 g/mol. The maximum absolute atomic E-state index is 12.8. The number of hydrogen-bond acceptors (Lipinski definition) is 4. The van der Waals surface area contributed by atoms with Crippen LogP contribution in [0.2, 0.25) is 0 Å². The Hall–Kier alpha value is -1.56. The summed E-state index contributed by atoms with van der Waals surface area (Å²) < 4.78 is 17.6. The van der Waals surface area contributed by atoms with Crippen LogP contribution in [-0.2, 0) is 14.3 Å². The number of carbonyl (C=O) groups is 2. The number of hydrogen-bond donors (Lipinski definition) is 0. The van der Waals surface area contributed by atoms with Crippen LogP contribution in [0.3, 0.4) is 0 Å². The van der Waals surface area contributed by atoms with Crippen molar-refractivity contribution in [1.82, 2.24) is 4.90 Å². The molecule has 1 aromatic carbocycles. The third-order valence-electron chi connectivity index (χ3n) is 3.47. The van der Waals surface area contributed by atoms with E-state index in [0.29, 0.717) is 13.0 Å². The van der Waals surface area contributed by atoms with Crippen molar-refractivity contribution in [3.63, 3.8) is 0 Å². The number of rotatable bonds is 4. The quantitative estimate of drug-likeness (QED) is 0.633. The number of ether oxygens (including phenoxy) is 1. The molecule has 0 unspecified atom stereocenters. The Bertz CT molecular complexity index is 506. The van der Waals surface area contributed by atoms with Crippen molar-refractivity contribution in [2.75, 3.05) is 19.4 Å². The highest BCUT2D eigenvalue weighted by Crippen LogP contribution is 2.22. The Morgan fingerprint density at radius 1 is 1.33 bits per heavy atom. The summed E-state index contributed by atoms with van der Waals surface area (Å²) in [5.74, 6) is -0.499. The zero-order valence-electron chi connectivity index (χ0n) is 11.9. The van der Waals surface area contributed by atoms with Gasteiger partial charge in [-0.25, -0.2) is 9.18 Å². The van der Waals surface area contributed by atoms with Crippen LogP contribution in [0, 0.1) is 5.82 Å². The number of amides is 1. The number of methoxy groups -OCH3 is 1. The molecule has 1 fully saturated rings. The van der Waals surface area contributed by atoms with Crippen LogP contribution < -0.4 is 0 Å². The Kier molecular flexibility index (Phi) is 5.61. The predicted octanol–water partition coefficient (Wildman–Crippen LogP) is 2.47. The van der Waals surface area contributed by atoms with E-state index < -0.39 is 6.04 Å². The molecule has 0 saturated carbocycles. The first kappa shape index (κ1) is 15.8. The van der Waals surface area contributed by atoms with Crippen molar-refractivity contribution in [1.29, 1.82) is 0 Å². The first-order valence-corrected chi connectivity index (χ1v) is 7.86. The maximum atomic E-state index is 12.8. The number of thioether (sulfide) groups is 1. The molecule has 21 heavy (non-hydrogen) atoms. The fourth-order valence-corrected chi connectivity index (χ4v) is 3.15. The molecular weight excluding hydrogens is 293 g/mol. The summed E-state index contributed by atoms with van der Waals surface area (Å²) in [7, 11) is 1.34. The summed E-state index contributed by atoms with van der Waals surface area (Å²) in [5, 5.41) is 0. The highest BCUT2D eigenvalue weighted by atomic mass is 32.2. The summed E-state index contributed by atoms with van der Waals surface area (Å²) in [4.78, 5) is 26.5. The standard InChI is InChI=1S/C15H18FNO3S/c1-20-15(19)13-4-2-3-9-17(13)14(18)10-21-12-7-5-11(16)6-8-12/h5-8,13H,2-4,9-10H2,1H3/t13-/m1/s1. The van der Waals surface area contributed by atoms with Crippen molar-refractivity contribution in [3.05, 3.63) is 30.1 Å². The summed E-state index contributed by atoms with van der Waals surface area (Å²) >= 11 is 1.34. The number of likely N-dealkylation sites (tertiary alicyclic amines) is 1. The van der Waals surface area contributed by atoms with Crippen molar-refractivity contribution in [3.8, 4) is 0 Å². The SMILES string of the molecule is COC(=O)[C@H]1CCCCN1C(=O)CSc1ccc(F)cc1. The largest absolute Gasteiger partial charge is 0.467 e. The Morgan fingerprint density at radius 3 is 2.71 bits per heavy atom. The first-order chi connectivity index (χ1) is 10.1. The second kappa shape index (κ2) is 7.45. The van der Waals surface area contributed by atoms with Gasteiger partial charge in [-0.1, -0.05) is 0 Å². The van der Waals surface area contributed by atoms with Gasteiger partial charge in [0.1, 0.15) is 11.9 Å². The highest BCUT2D eigenvalue weighted by molar-refractivity contribution is 8.00. The van der Waals surface area contributed by atoms with Crippen LogP contribution in [-0.4, -0.2) is 42.2 Å². The van der Waals surface area contributed by atoms with E-state index >= 15 is 0 Å². The van der Waals surface area contributed by atoms with E-state index in [1.807, 2.05) is 0 Å². The Balaban J connectivity index is 1.94. The molecule has 0 aliphatic carbocycles. The van der Waals surface area contributed by atoms with Crippen LogP contribution in [0.4, 0.5) is 4.39 Å². The van der Waals surface area contributed by atoms with Gasteiger partial charge in [0.2, 0.25) is 5.91 Å². The lowest BCUT2D eigenvalue weighted by Gasteiger charge is -2.33. The highest BCUT2D eigenvalue weighted by Gasteiger charge is 2.32. The third kappa shape index (κ3) is 4.20. The molecule has 1 amide bonds. The van der Waals surface area contributed by atoms with E-state index in [0.717, 1.165) is 17.7 Å². The van der Waals surface area contributed by atoms with Crippen LogP contribution >= 0.6 is 11.8 Å². The van der Waals surface area contributed by atoms with E-state index in [1.165, 1.54) is 31.0 Å². The van der Waals surface area contributed by atoms with E-state index in [2.05, 4.69) is 0 Å². The minimum Gasteiger partial charge on any atom is -0.467 e. The van der Waals surface area contributed by atoms with Gasteiger partial charge in [-0.05, 0) is 43.5 Å². The molecule has 4 nitrogen and oxygen atoms in total. The van der Waals surface area contributed by atoms with Crippen molar-refractivity contribution in [2.24, 2.45) is 0 Å². The first-order valence-electron chi connectivity index (χ1n) is 6.87. The van der Waals surface area contributed by atoms with Gasteiger partial charge >= 0.3 is 5.97 Å². The van der Waals surface area contributed by atoms with Gasteiger partial charge in [-0.3, -0.25) is 4.79 Å². The van der Waals surface area contributed by atoms with E-state index in [1.54, 1.807) is 17.0 Å². The number of carbonyl (C=O) groups excluding carboxylic acids is 2. The normalized spacial score (nSPS) is 18.4. The van der Waals surface area contributed by atoms with E-state index in [-0.39, 0.29) is 23.4 Å². The lowest BCUT2D eigenvalue weighted by Crippen LogP contribution is -2.49. The summed E-state index contributed by atoms with van der Waals surface area (Å²) in [5.41, 5.74) is 0. The molecule has 0 bridgehead atoms. The molecule has 1 heterocycles. The number of piperidine rings is 1. The average molecular weight is 311 g/mol. The Morgan fingerprint density at radius 2 is 2.05 bits per heavy atom. The molecular formula is C15H18FNO3S. The topological polar surface area (TPSA) is 46.6 Å². The molecule has 1 saturated heterocycles. The van der Waals surface area contributed by atoms with Gasteiger partial charge in [0.25, 0.3) is 0 Å². The van der Waals surface area contributed by atoms with Crippen molar-refractivity contribution >= 4 is 23.6 Å². The third-order valence-corrected chi connectivity index (χ3v) is 4.47. The van der Waals surface area contributed by atoms with Gasteiger partial charge in [0.15, 0.2) is 0 Å². The Labute approximate surface area is 127 Å². The average Bonchev–Trinajstić information content (AvgIpc) is 2.53. The van der Waals surface area contributed by atoms with Crippen LogP contribution in [0.25, 0.3) is 0 Å². The zero-order valence-corrected chi connectivity index (χ0v) is 12.7. The molecule has 114 valence electrons. The van der Waals surface area contributed by atoms with E-state index in [4.69, 9.17) is 4.74 Å². The van der Waals surface area contributed by atoms with E-state index in [9.17, 15) is 14.0 Å². The molecule has 1 aromatic rings. The van der Waals surface area contributed by atoms with Crippen molar-refractivity contribution < 1.29 is 18.7 Å². The zero-order chi connectivity index (χ0) is 15.2. The number of benzene rings is 1. The van der Waals surface area contributed by atoms with Gasteiger partial charge in [-0.15, -0.1) is 11.8 Å². The fraction of sp³-hybridized carbons (Fsp3) is 0.467. The van der Waals surface area contributed by atoms with Gasteiger partial charge < -0.3 is 9.64 Å². The molecule has 0 spiro atoms. The summed E-state index contributed by atoms with van der Waals surface area (Å²) in [6.45, 7) is 0.586. The second-order valence-electron chi connectivity index (χ2n) is 4.86. The number of esters is 1. The molecule has 0 aromatic heterocycles. The lowest BCUT2D eigenvalue weighted by molar-refractivity contribution is -0.153. The second-order valence-corrected chi connectivity index (χ2v) is 5.91. The number of nitrogens with zero attached hydrogens (tertiary/aromatic N) is 1. The van der Waals surface area contributed by atoms with Crippen LogP contribution in [0.1, 0.15) is 19.3 Å². The fourth-order valence-electron chi connectivity index (χ4n) is 2.37. The van der Waals surface area contributed by atoms with Crippen molar-refractivity contribution in [2.45, 2.75) is 30.2 Å². The molecule has 0 radical (unpaired) electrons. The molecule has 1 aliphatic heterocycles. The van der Waals surface area contributed by atoms with Gasteiger partial charge in [0, 0.05) is 11.4 Å². The molecule has 2 rings (SSSR count). The molecule has 1 atom stereocenters. The van der Waals surface area contributed by atoms with Gasteiger partial charge in [-0.2, -0.15) is 0 Å². The minimum absolute atomic E-state index is 0.0839. The lowest BCUT2D eigenvalue weighted by atomic mass is 10.0. The smallest absolute Gasteiger partial charge is 0.328 e. The minimum atomic E-state index is -0.468. The number of halogens is 1. The molecule has 1 aliphatic rings. The van der Waals surface area contributed by atoms with Crippen LogP contribution in [0.5, 0.6) is 0 Å². The molecule has 0 N–H and O–H groups in total. The molecule has 6 heteroatoms. The van der Waals surface area contributed by atoms with Gasteiger partial charge in [0.05, 0.1) is 12.9 Å². The predicted molar refractivity (Wildman–Crippen MR) is 78.5 cm³/mol. The maximum Gasteiger partial charge on any atom is 0.328 e. The summed E-state index contributed by atoms with van der Waals surface area (Å²) in [6.07, 6.45) is 2.48.